The number of piperazine rings is 4. The third-order valence-corrected chi connectivity index (χ3v) is 11.4. The van der Waals surface area contributed by atoms with E-state index in [1.54, 1.807) is 6.07 Å². The van der Waals surface area contributed by atoms with E-state index < -0.39 is 11.2 Å². The second-order valence-electron chi connectivity index (χ2n) is 19.6. The van der Waals surface area contributed by atoms with Crippen LogP contribution in [0.15, 0.2) is 0 Å². The molecule has 0 atom stereocenters. The smallest absolute Gasteiger partial charge is 0.407 e. The van der Waals surface area contributed by atoms with Crippen LogP contribution in [0, 0.1) is 34.0 Å². The number of alkyl halides is 1. The van der Waals surface area contributed by atoms with Gasteiger partial charge in [0, 0.05) is 209 Å². The molecule has 0 aromatic heterocycles. The van der Waals surface area contributed by atoms with Crippen LogP contribution in [0.3, 0.4) is 0 Å². The second-order valence-corrected chi connectivity index (χ2v) is 19.9. The average molecular weight is 1120 g/mol. The molecule has 26 heteroatoms. The number of halogens is 3. The first kappa shape index (κ1) is 75.6. The summed E-state index contributed by atoms with van der Waals surface area (Å²) < 4.78 is 10.4. The fourth-order valence-corrected chi connectivity index (χ4v) is 7.45. The Morgan fingerprint density at radius 3 is 1.20 bits per heavy atom. The minimum Gasteiger partial charge on any atom is -0.444 e. The van der Waals surface area contributed by atoms with Gasteiger partial charge in [-0.3, -0.25) is 34.3 Å². The quantitative estimate of drug-likeness (QED) is 0.0338. The van der Waals surface area contributed by atoms with Gasteiger partial charge in [0.05, 0.1) is 31.3 Å². The molecule has 4 aliphatic heterocycles. The average Bonchev–Trinajstić information content (AvgIpc) is 3.34. The number of carbonyl (C=O) groups excluding carboxylic acids is 2. The lowest BCUT2D eigenvalue weighted by molar-refractivity contribution is 0.0510. The largest absolute Gasteiger partial charge is 0.444 e. The van der Waals surface area contributed by atoms with Crippen LogP contribution in [0.1, 0.15) is 41.5 Å². The summed E-state index contributed by atoms with van der Waals surface area (Å²) in [5.74, 6) is 0.0972. The number of carbonyl (C=O) groups is 2. The summed E-state index contributed by atoms with van der Waals surface area (Å²) in [6.07, 6.45) is -0.736. The molecule has 2 amide bonds. The van der Waals surface area contributed by atoms with Crippen molar-refractivity contribution in [2.75, 3.05) is 228 Å². The molecule has 0 aromatic carbocycles. The number of nitrogens with zero attached hydrogens (tertiary/aromatic N) is 10. The number of nitrogens with one attached hydrogen (secondary N) is 6. The number of hydrogen-bond donors (Lipinski definition) is 9. The third-order valence-electron chi connectivity index (χ3n) is 11.3. The number of nitrogens with two attached hydrogens (primary N) is 3. The van der Waals surface area contributed by atoms with Crippen LogP contribution >= 0.6 is 36.4 Å². The molecule has 0 unspecified atom stereocenters. The van der Waals surface area contributed by atoms with Gasteiger partial charge in [-0.15, -0.1) is 36.4 Å². The Bertz CT molecular complexity index is 1430. The van der Waals surface area contributed by atoms with Gasteiger partial charge in [0.15, 0.2) is 0 Å². The number of alkyl carbamates (subject to hydrolysis) is 2. The lowest BCUT2D eigenvalue weighted by Crippen LogP contribution is -2.50. The first-order chi connectivity index (χ1) is 34.5. The van der Waals surface area contributed by atoms with Crippen LogP contribution in [0.5, 0.6) is 0 Å². The van der Waals surface area contributed by atoms with Crippen molar-refractivity contribution in [3.63, 3.8) is 0 Å². The molecular formula is C48H102Cl3N19O4. The Morgan fingerprint density at radius 2 is 0.838 bits per heavy atom. The lowest BCUT2D eigenvalue weighted by atomic mass is 10.2. The number of rotatable bonds is 23. The Morgan fingerprint density at radius 1 is 0.486 bits per heavy atom. The van der Waals surface area contributed by atoms with Gasteiger partial charge < -0.3 is 58.6 Å². The van der Waals surface area contributed by atoms with Crippen molar-refractivity contribution in [3.8, 4) is 18.2 Å². The Labute approximate surface area is 464 Å². The van der Waals surface area contributed by atoms with Gasteiger partial charge in [0.25, 0.3) is 0 Å². The molecule has 434 valence electrons. The molecule has 0 saturated carbocycles. The highest BCUT2D eigenvalue weighted by Crippen LogP contribution is 2.07. The van der Waals surface area contributed by atoms with E-state index in [0.717, 1.165) is 183 Å². The highest BCUT2D eigenvalue weighted by Gasteiger charge is 2.20. The zero-order valence-electron chi connectivity index (χ0n) is 46.3. The van der Waals surface area contributed by atoms with Crippen LogP contribution in [0.4, 0.5) is 9.59 Å². The molecule has 0 bridgehead atoms. The van der Waals surface area contributed by atoms with Crippen molar-refractivity contribution < 1.29 is 19.1 Å². The lowest BCUT2D eigenvalue weighted by Gasteiger charge is -2.34. The van der Waals surface area contributed by atoms with Gasteiger partial charge in [0.1, 0.15) is 17.1 Å². The fraction of sp³-hybridized carbons (Fsp3) is 0.896. The molecule has 4 aliphatic rings. The predicted octanol–water partition coefficient (Wildman–Crippen LogP) is -0.963. The predicted molar refractivity (Wildman–Crippen MR) is 304 cm³/mol. The second kappa shape index (κ2) is 49.9. The van der Waals surface area contributed by atoms with Crippen LogP contribution in [0.25, 0.3) is 0 Å². The molecule has 4 rings (SSSR count). The van der Waals surface area contributed by atoms with Crippen molar-refractivity contribution in [1.29, 1.82) is 15.8 Å². The van der Waals surface area contributed by atoms with Gasteiger partial charge in [-0.25, -0.2) is 9.59 Å². The van der Waals surface area contributed by atoms with Crippen LogP contribution in [-0.2, 0) is 9.47 Å². The number of nitriles is 3. The first-order valence-corrected chi connectivity index (χ1v) is 26.7. The van der Waals surface area contributed by atoms with Gasteiger partial charge in [0.2, 0.25) is 0 Å². The SMILES string of the molecule is CC(C)(C)OC(=O)NCCNCCN1CCN(CCNC(=O)OC(C)(C)C)CC1.Cl.Cl.N#CCCl.N#CCNCCN1CCN(CC#N)CC1.NCCN1CCNCC1.NCCNCCN1CCN(CCN)CC1. The summed E-state index contributed by atoms with van der Waals surface area (Å²) in [5.41, 5.74) is 15.4. The van der Waals surface area contributed by atoms with Gasteiger partial charge in [-0.05, 0) is 41.5 Å². The van der Waals surface area contributed by atoms with Crippen LogP contribution in [0.2, 0.25) is 0 Å². The fourth-order valence-electron chi connectivity index (χ4n) is 7.45. The van der Waals surface area contributed by atoms with Crippen molar-refractivity contribution in [2.45, 2.75) is 52.7 Å². The van der Waals surface area contributed by atoms with E-state index in [0.29, 0.717) is 26.2 Å². The topological polar surface area (TPSA) is 297 Å². The Balaban J connectivity index is -0.000000947. The van der Waals surface area contributed by atoms with E-state index >= 15 is 0 Å². The van der Waals surface area contributed by atoms with E-state index in [-0.39, 0.29) is 42.9 Å². The molecule has 12 N–H and O–H groups in total. The Kier molecular flexibility index (Phi) is 50.9. The summed E-state index contributed by atoms with van der Waals surface area (Å²) in [6.45, 7) is 43.3. The maximum absolute atomic E-state index is 11.6. The maximum Gasteiger partial charge on any atom is 0.407 e. The van der Waals surface area contributed by atoms with E-state index in [1.165, 1.54) is 13.1 Å². The molecule has 4 fully saturated rings. The molecule has 4 saturated heterocycles. The Hall–Kier alpha value is -2.68. The highest BCUT2D eigenvalue weighted by atomic mass is 35.5. The first-order valence-electron chi connectivity index (χ1n) is 26.1. The molecule has 74 heavy (non-hydrogen) atoms. The zero-order valence-corrected chi connectivity index (χ0v) is 48.7. The summed E-state index contributed by atoms with van der Waals surface area (Å²) in [5, 5.41) is 42.9. The number of ether oxygens (including phenoxy) is 2. The molecule has 0 radical (unpaired) electrons. The summed E-state index contributed by atoms with van der Waals surface area (Å²) in [4.78, 5) is 39.8. The van der Waals surface area contributed by atoms with Crippen molar-refractivity contribution in [2.24, 2.45) is 17.2 Å². The maximum atomic E-state index is 11.6. The van der Waals surface area contributed by atoms with Crippen molar-refractivity contribution in [3.05, 3.63) is 0 Å². The number of amides is 2. The summed E-state index contributed by atoms with van der Waals surface area (Å²) >= 11 is 4.82. The van der Waals surface area contributed by atoms with E-state index in [2.05, 4.69) is 78.3 Å². The molecule has 0 aliphatic carbocycles. The van der Waals surface area contributed by atoms with Gasteiger partial charge in [-0.2, -0.15) is 15.8 Å². The summed E-state index contributed by atoms with van der Waals surface area (Å²) in [6, 6.07) is 5.92. The highest BCUT2D eigenvalue weighted by molar-refractivity contribution is 6.19. The molecule has 4 heterocycles. The summed E-state index contributed by atoms with van der Waals surface area (Å²) in [7, 11) is 0. The van der Waals surface area contributed by atoms with E-state index in [4.69, 9.17) is 54.1 Å². The van der Waals surface area contributed by atoms with Crippen molar-refractivity contribution in [1.82, 2.24) is 66.2 Å². The molecule has 0 spiro atoms. The van der Waals surface area contributed by atoms with Crippen molar-refractivity contribution >= 4 is 48.6 Å². The zero-order chi connectivity index (χ0) is 53.7. The molecular weight excluding hydrogens is 1010 g/mol. The minimum atomic E-state index is -0.467. The van der Waals surface area contributed by atoms with Gasteiger partial charge in [-0.1, -0.05) is 0 Å². The minimum absolute atomic E-state index is 0. The monoisotopic (exact) mass is 1110 g/mol. The molecule has 23 nitrogen and oxygen atoms in total. The standard InChI is InChI=1S/C20H41N5O4.C10H25N5.C10H17N5.C6H15N3.C2H2ClN.2ClH/c1-19(2,3)28-17(26)22-8-7-21-9-11-24-13-15-25(16-14-24)12-10-23-18(27)29-20(4,5)6;2*11-1-3-13-4-6-15-9-7-14(5-2-12)8-10-15;7-1-4-9-5-2-8-3-6-9;3-1-2-4;;/h21H,7-16H2,1-6H3,(H,22,26)(H,23,27);13H,1-12H2;13H,3-10H2;8H,1-7H2;1H2;2*1H. The van der Waals surface area contributed by atoms with Crippen LogP contribution in [-0.4, -0.2) is 286 Å². The third kappa shape index (κ3) is 47.7. The molecule has 0 aromatic rings. The number of hydrogen-bond acceptors (Lipinski definition) is 21. The van der Waals surface area contributed by atoms with Gasteiger partial charge >= 0.3 is 12.2 Å². The van der Waals surface area contributed by atoms with E-state index in [1.807, 2.05) is 41.5 Å². The normalized spacial score (nSPS) is 17.1. The van der Waals surface area contributed by atoms with E-state index in [9.17, 15) is 9.59 Å². The van der Waals surface area contributed by atoms with Crippen LogP contribution < -0.4 is 49.1 Å².